The number of benzene rings is 2. The first-order chi connectivity index (χ1) is 14.1. The number of imide groups is 1. The van der Waals surface area contributed by atoms with Gasteiger partial charge < -0.3 is 15.1 Å². The summed E-state index contributed by atoms with van der Waals surface area (Å²) in [6.07, 6.45) is 1.38. The van der Waals surface area contributed by atoms with Crippen molar-refractivity contribution in [2.45, 2.75) is 31.6 Å². The zero-order valence-corrected chi connectivity index (χ0v) is 16.4. The summed E-state index contributed by atoms with van der Waals surface area (Å²) >= 11 is 0. The Morgan fingerprint density at radius 3 is 2.31 bits per heavy atom. The molecule has 2 heterocycles. The number of carbonyl (C=O) groups is 2. The van der Waals surface area contributed by atoms with Crippen LogP contribution in [0.25, 0.3) is 0 Å². The predicted octanol–water partition coefficient (Wildman–Crippen LogP) is 1.96. The lowest BCUT2D eigenvalue weighted by molar-refractivity contribution is -0.127. The number of amides is 3. The molecule has 0 saturated carbocycles. The summed E-state index contributed by atoms with van der Waals surface area (Å²) in [5, 5.41) is 5.74. The Balaban J connectivity index is 1.52. The first-order valence-corrected chi connectivity index (χ1v) is 9.86. The molecular weight excluding hydrogens is 366 g/mol. The minimum Gasteiger partial charge on any atom is -0.333 e. The number of carbonyl (C=O) groups excluding carboxylic acids is 2. The first-order valence-electron chi connectivity index (χ1n) is 9.86. The molecule has 2 fully saturated rings. The fourth-order valence-corrected chi connectivity index (χ4v) is 3.81. The Bertz CT molecular complexity index is 900. The van der Waals surface area contributed by atoms with Gasteiger partial charge in [0.2, 0.25) is 0 Å². The zero-order valence-electron chi connectivity index (χ0n) is 16.4. The molecule has 0 aromatic heterocycles. The highest BCUT2D eigenvalue weighted by atomic mass is 16.2. The molecule has 29 heavy (non-hydrogen) atoms. The molecule has 0 bridgehead atoms. The number of nitrogens with one attached hydrogen (secondary N) is 2. The smallest absolute Gasteiger partial charge is 0.325 e. The van der Waals surface area contributed by atoms with Gasteiger partial charge in [0.05, 0.1) is 6.54 Å². The van der Waals surface area contributed by atoms with E-state index in [4.69, 9.17) is 4.99 Å². The van der Waals surface area contributed by atoms with Gasteiger partial charge >= 0.3 is 6.03 Å². The molecule has 0 spiro atoms. The standard InChI is InChI=1S/C22H25N5O2/c1-26-19-18(20(28)25-22(26)29)27(14-8-13-16-9-4-2-5-10-16)21(24-19)23-15-17-11-6-3-7-12-17/h2-7,9-12,18-19H,8,13-15H2,1H3,(H,23,24)(H,25,28,29). The van der Waals surface area contributed by atoms with E-state index in [-0.39, 0.29) is 5.91 Å². The van der Waals surface area contributed by atoms with Gasteiger partial charge in [-0.3, -0.25) is 10.1 Å². The number of hydrogen-bond acceptors (Lipinski definition) is 3. The van der Waals surface area contributed by atoms with E-state index in [1.54, 1.807) is 7.05 Å². The molecule has 2 atom stereocenters. The van der Waals surface area contributed by atoms with E-state index in [2.05, 4.69) is 22.8 Å². The fourth-order valence-electron chi connectivity index (χ4n) is 3.81. The first kappa shape index (κ1) is 19.0. The van der Waals surface area contributed by atoms with Gasteiger partial charge in [-0.15, -0.1) is 0 Å². The molecule has 3 amide bonds. The third-order valence-corrected chi connectivity index (χ3v) is 5.38. The van der Waals surface area contributed by atoms with Gasteiger partial charge in [0.25, 0.3) is 5.91 Å². The monoisotopic (exact) mass is 391 g/mol. The van der Waals surface area contributed by atoms with Crippen LogP contribution in [0.15, 0.2) is 65.7 Å². The van der Waals surface area contributed by atoms with Crippen molar-refractivity contribution in [3.63, 3.8) is 0 Å². The summed E-state index contributed by atoms with van der Waals surface area (Å²) < 4.78 is 0. The van der Waals surface area contributed by atoms with E-state index in [0.29, 0.717) is 19.0 Å². The molecule has 2 aromatic rings. The van der Waals surface area contributed by atoms with Crippen LogP contribution in [0.5, 0.6) is 0 Å². The number of guanidine groups is 1. The summed E-state index contributed by atoms with van der Waals surface area (Å²) in [4.78, 5) is 32.9. The van der Waals surface area contributed by atoms with E-state index in [9.17, 15) is 9.59 Å². The highest BCUT2D eigenvalue weighted by Crippen LogP contribution is 2.21. The lowest BCUT2D eigenvalue weighted by atomic mass is 10.1. The number of aryl methyl sites for hydroxylation is 1. The molecule has 150 valence electrons. The van der Waals surface area contributed by atoms with Crippen LogP contribution < -0.4 is 10.6 Å². The minimum atomic E-state index is -0.483. The van der Waals surface area contributed by atoms with Gasteiger partial charge in [-0.1, -0.05) is 60.7 Å². The lowest BCUT2D eigenvalue weighted by Gasteiger charge is -2.35. The molecule has 2 unspecified atom stereocenters. The third-order valence-electron chi connectivity index (χ3n) is 5.38. The van der Waals surface area contributed by atoms with Crippen LogP contribution in [0.2, 0.25) is 0 Å². The van der Waals surface area contributed by atoms with Gasteiger partial charge in [-0.25, -0.2) is 9.79 Å². The molecule has 7 nitrogen and oxygen atoms in total. The third kappa shape index (κ3) is 4.08. The van der Waals surface area contributed by atoms with Gasteiger partial charge in [-0.05, 0) is 24.0 Å². The van der Waals surface area contributed by atoms with Crippen LogP contribution in [0, 0.1) is 0 Å². The van der Waals surface area contributed by atoms with Crippen molar-refractivity contribution < 1.29 is 9.59 Å². The van der Waals surface area contributed by atoms with Crippen molar-refractivity contribution in [2.75, 3.05) is 13.6 Å². The Hall–Kier alpha value is -3.35. The maximum atomic E-state index is 12.6. The van der Waals surface area contributed by atoms with Gasteiger partial charge in [0.1, 0.15) is 6.17 Å². The van der Waals surface area contributed by atoms with Crippen molar-refractivity contribution in [3.05, 3.63) is 71.8 Å². The van der Waals surface area contributed by atoms with E-state index < -0.39 is 18.2 Å². The number of urea groups is 1. The van der Waals surface area contributed by atoms with Crippen molar-refractivity contribution in [3.8, 4) is 0 Å². The Kier molecular flexibility index (Phi) is 5.46. The van der Waals surface area contributed by atoms with Crippen molar-refractivity contribution in [1.29, 1.82) is 0 Å². The summed E-state index contributed by atoms with van der Waals surface area (Å²) in [6, 6.07) is 19.4. The molecule has 2 aromatic carbocycles. The van der Waals surface area contributed by atoms with Crippen LogP contribution >= 0.6 is 0 Å². The van der Waals surface area contributed by atoms with E-state index in [0.717, 1.165) is 18.4 Å². The van der Waals surface area contributed by atoms with Crippen LogP contribution in [0.4, 0.5) is 4.79 Å². The van der Waals surface area contributed by atoms with Crippen LogP contribution in [-0.4, -0.2) is 53.5 Å². The lowest BCUT2D eigenvalue weighted by Crippen LogP contribution is -2.64. The van der Waals surface area contributed by atoms with Crippen molar-refractivity contribution in [1.82, 2.24) is 20.4 Å². The number of aliphatic imine (C=N–C) groups is 1. The molecular formula is C22H25N5O2. The average molecular weight is 391 g/mol. The SMILES string of the molecule is CN1C(=O)NC(=O)C2C1NC(=NCc1ccccc1)N2CCCc1ccccc1. The molecule has 2 N–H and O–H groups in total. The number of fused-ring (bicyclic) bond motifs is 1. The Labute approximate surface area is 170 Å². The summed E-state index contributed by atoms with van der Waals surface area (Å²) in [5.74, 6) is 0.379. The zero-order chi connectivity index (χ0) is 20.2. The van der Waals surface area contributed by atoms with E-state index in [1.165, 1.54) is 10.5 Å². The van der Waals surface area contributed by atoms with Crippen LogP contribution in [0.3, 0.4) is 0 Å². The summed E-state index contributed by atoms with van der Waals surface area (Å²) in [5.41, 5.74) is 2.36. The highest BCUT2D eigenvalue weighted by Gasteiger charge is 2.49. The van der Waals surface area contributed by atoms with Gasteiger partial charge in [-0.2, -0.15) is 0 Å². The average Bonchev–Trinajstić information content (AvgIpc) is 3.11. The van der Waals surface area contributed by atoms with E-state index >= 15 is 0 Å². The van der Waals surface area contributed by atoms with Crippen LogP contribution in [-0.2, 0) is 17.8 Å². The maximum Gasteiger partial charge on any atom is 0.325 e. The van der Waals surface area contributed by atoms with E-state index in [1.807, 2.05) is 53.4 Å². The number of nitrogens with zero attached hydrogens (tertiary/aromatic N) is 3. The molecule has 7 heteroatoms. The normalized spacial score (nSPS) is 22.4. The quantitative estimate of drug-likeness (QED) is 0.789. The Morgan fingerprint density at radius 2 is 1.62 bits per heavy atom. The van der Waals surface area contributed by atoms with Crippen molar-refractivity contribution in [2.24, 2.45) is 4.99 Å². The predicted molar refractivity (Wildman–Crippen MR) is 111 cm³/mol. The van der Waals surface area contributed by atoms with Gasteiger partial charge in [0.15, 0.2) is 12.0 Å². The maximum absolute atomic E-state index is 12.6. The molecule has 0 radical (unpaired) electrons. The second kappa shape index (κ2) is 8.34. The Morgan fingerprint density at radius 1 is 0.966 bits per heavy atom. The topological polar surface area (TPSA) is 77.0 Å². The molecule has 0 aliphatic carbocycles. The highest BCUT2D eigenvalue weighted by molar-refractivity contribution is 6.04. The summed E-state index contributed by atoms with van der Waals surface area (Å²) in [7, 11) is 1.69. The second-order valence-corrected chi connectivity index (χ2v) is 7.35. The fraction of sp³-hybridized carbons (Fsp3) is 0.318. The molecule has 2 aliphatic rings. The minimum absolute atomic E-state index is 0.282. The second-order valence-electron chi connectivity index (χ2n) is 7.35. The van der Waals surface area contributed by atoms with Crippen LogP contribution in [0.1, 0.15) is 17.5 Å². The number of hydrogen-bond donors (Lipinski definition) is 2. The summed E-state index contributed by atoms with van der Waals surface area (Å²) in [6.45, 7) is 1.18. The molecule has 4 rings (SSSR count). The van der Waals surface area contributed by atoms with Crippen molar-refractivity contribution >= 4 is 17.9 Å². The molecule has 2 aliphatic heterocycles. The van der Waals surface area contributed by atoms with Gasteiger partial charge in [0, 0.05) is 13.6 Å². The number of likely N-dealkylation sites (N-methyl/N-ethyl adjacent to an activating group) is 1. The number of rotatable bonds is 6. The molecule has 2 saturated heterocycles. The largest absolute Gasteiger partial charge is 0.333 e.